The van der Waals surface area contributed by atoms with Crippen LogP contribution in [0.25, 0.3) is 0 Å². The third kappa shape index (κ3) is 5.12. The van der Waals surface area contributed by atoms with Crippen molar-refractivity contribution in [2.24, 2.45) is 11.1 Å². The van der Waals surface area contributed by atoms with E-state index in [0.29, 0.717) is 19.6 Å². The van der Waals surface area contributed by atoms with E-state index in [1.165, 1.54) is 0 Å². The number of hydrogen-bond donors (Lipinski definition) is 2. The highest BCUT2D eigenvalue weighted by atomic mass is 16.2. The lowest BCUT2D eigenvalue weighted by Crippen LogP contribution is -2.50. The predicted molar refractivity (Wildman–Crippen MR) is 82.2 cm³/mol. The van der Waals surface area contributed by atoms with Crippen LogP contribution in [0.3, 0.4) is 0 Å². The van der Waals surface area contributed by atoms with Crippen LogP contribution in [-0.4, -0.2) is 42.9 Å². The van der Waals surface area contributed by atoms with Gasteiger partial charge in [0, 0.05) is 19.6 Å². The average molecular weight is 285 g/mol. The quantitative estimate of drug-likeness (QED) is 0.639. The van der Waals surface area contributed by atoms with Crippen molar-refractivity contribution in [2.45, 2.75) is 53.4 Å². The topological polar surface area (TPSA) is 75.4 Å². The van der Waals surface area contributed by atoms with Crippen molar-refractivity contribution in [2.75, 3.05) is 26.2 Å². The first kappa shape index (κ1) is 18.9. The zero-order valence-corrected chi connectivity index (χ0v) is 13.5. The molecule has 0 unspecified atom stereocenters. The minimum Gasteiger partial charge on any atom is -0.355 e. The number of nitrogens with two attached hydrogens (primary N) is 1. The highest BCUT2D eigenvalue weighted by molar-refractivity contribution is 5.88. The number of amides is 2. The lowest BCUT2D eigenvalue weighted by Gasteiger charge is -2.35. The highest BCUT2D eigenvalue weighted by Gasteiger charge is 2.38. The number of carbonyl (C=O) groups is 2. The first-order valence-corrected chi connectivity index (χ1v) is 7.77. The Morgan fingerprint density at radius 1 is 1.10 bits per heavy atom. The SMILES string of the molecule is CCCC(CN)(CCC)C(=O)N(CC)CC(=O)NCC. The molecule has 0 rings (SSSR count). The van der Waals surface area contributed by atoms with E-state index in [1.807, 2.05) is 13.8 Å². The molecule has 0 aliphatic carbocycles. The summed E-state index contributed by atoms with van der Waals surface area (Å²) in [6.45, 7) is 9.48. The van der Waals surface area contributed by atoms with E-state index in [1.54, 1.807) is 4.90 Å². The molecule has 118 valence electrons. The Morgan fingerprint density at radius 3 is 2.00 bits per heavy atom. The molecule has 3 N–H and O–H groups in total. The predicted octanol–water partition coefficient (Wildman–Crippen LogP) is 1.52. The van der Waals surface area contributed by atoms with E-state index in [2.05, 4.69) is 19.2 Å². The molecule has 0 atom stereocenters. The van der Waals surface area contributed by atoms with Crippen LogP contribution in [-0.2, 0) is 9.59 Å². The number of hydrogen-bond acceptors (Lipinski definition) is 3. The van der Waals surface area contributed by atoms with Crippen LogP contribution < -0.4 is 11.1 Å². The van der Waals surface area contributed by atoms with Gasteiger partial charge in [0.2, 0.25) is 11.8 Å². The van der Waals surface area contributed by atoms with Crippen LogP contribution >= 0.6 is 0 Å². The molecule has 0 heterocycles. The largest absolute Gasteiger partial charge is 0.355 e. The molecule has 0 radical (unpaired) electrons. The first-order valence-electron chi connectivity index (χ1n) is 7.77. The fourth-order valence-corrected chi connectivity index (χ4v) is 2.68. The van der Waals surface area contributed by atoms with E-state index >= 15 is 0 Å². The molecule has 0 aromatic heterocycles. The van der Waals surface area contributed by atoms with Crippen LogP contribution in [0.2, 0.25) is 0 Å². The summed E-state index contributed by atoms with van der Waals surface area (Å²) in [7, 11) is 0. The van der Waals surface area contributed by atoms with Crippen molar-refractivity contribution in [3.05, 3.63) is 0 Å². The number of rotatable bonds is 10. The lowest BCUT2D eigenvalue weighted by molar-refractivity contribution is -0.145. The normalized spacial score (nSPS) is 11.2. The molecule has 5 heteroatoms. The Bertz CT molecular complexity index is 299. The maximum atomic E-state index is 12.8. The van der Waals surface area contributed by atoms with Crippen molar-refractivity contribution in [1.82, 2.24) is 10.2 Å². The van der Waals surface area contributed by atoms with E-state index in [-0.39, 0.29) is 18.4 Å². The molecule has 0 aromatic carbocycles. The molecular weight excluding hydrogens is 254 g/mol. The van der Waals surface area contributed by atoms with Crippen LogP contribution in [0.5, 0.6) is 0 Å². The van der Waals surface area contributed by atoms with Gasteiger partial charge in [0.05, 0.1) is 12.0 Å². The zero-order valence-electron chi connectivity index (χ0n) is 13.5. The molecule has 0 aliphatic heterocycles. The molecule has 0 aromatic rings. The van der Waals surface area contributed by atoms with Gasteiger partial charge in [-0.1, -0.05) is 26.7 Å². The molecular formula is C15H31N3O2. The minimum atomic E-state index is -0.508. The number of likely N-dealkylation sites (N-methyl/N-ethyl adjacent to an activating group) is 2. The van der Waals surface area contributed by atoms with Gasteiger partial charge in [0.1, 0.15) is 0 Å². The summed E-state index contributed by atoms with van der Waals surface area (Å²) in [6.07, 6.45) is 3.40. The van der Waals surface area contributed by atoms with Crippen molar-refractivity contribution in [3.63, 3.8) is 0 Å². The molecule has 5 nitrogen and oxygen atoms in total. The Kier molecular flexibility index (Phi) is 9.21. The van der Waals surface area contributed by atoms with Crippen LogP contribution in [0, 0.1) is 5.41 Å². The maximum Gasteiger partial charge on any atom is 0.239 e. The molecule has 20 heavy (non-hydrogen) atoms. The Hall–Kier alpha value is -1.10. The standard InChI is InChI=1S/C15H31N3O2/c1-5-9-15(12-16,10-6-2)14(20)18(8-4)11-13(19)17-7-3/h5-12,16H2,1-4H3,(H,17,19). The van der Waals surface area contributed by atoms with Gasteiger partial charge < -0.3 is 16.0 Å². The van der Waals surface area contributed by atoms with E-state index in [4.69, 9.17) is 5.73 Å². The van der Waals surface area contributed by atoms with Gasteiger partial charge in [-0.3, -0.25) is 9.59 Å². The summed E-state index contributed by atoms with van der Waals surface area (Å²) >= 11 is 0. The van der Waals surface area contributed by atoms with Crippen LogP contribution in [0.15, 0.2) is 0 Å². The van der Waals surface area contributed by atoms with Crippen LogP contribution in [0.1, 0.15) is 53.4 Å². The van der Waals surface area contributed by atoms with Gasteiger partial charge in [-0.05, 0) is 26.7 Å². The van der Waals surface area contributed by atoms with Crippen molar-refractivity contribution in [3.8, 4) is 0 Å². The summed E-state index contributed by atoms with van der Waals surface area (Å²) in [5.41, 5.74) is 5.41. The molecule has 2 amide bonds. The molecule has 0 spiro atoms. The summed E-state index contributed by atoms with van der Waals surface area (Å²) in [6, 6.07) is 0. The van der Waals surface area contributed by atoms with Gasteiger partial charge in [-0.2, -0.15) is 0 Å². The summed E-state index contributed by atoms with van der Waals surface area (Å²) in [4.78, 5) is 26.2. The Labute approximate surface area is 123 Å². The second kappa shape index (κ2) is 9.75. The summed E-state index contributed by atoms with van der Waals surface area (Å²) < 4.78 is 0. The van der Waals surface area contributed by atoms with Gasteiger partial charge >= 0.3 is 0 Å². The molecule has 0 saturated carbocycles. The summed E-state index contributed by atoms with van der Waals surface area (Å²) in [5.74, 6) is -0.0842. The smallest absolute Gasteiger partial charge is 0.239 e. The number of nitrogens with zero attached hydrogens (tertiary/aromatic N) is 1. The van der Waals surface area contributed by atoms with Gasteiger partial charge in [0.25, 0.3) is 0 Å². The number of nitrogens with one attached hydrogen (secondary N) is 1. The minimum absolute atomic E-state index is 0.0254. The van der Waals surface area contributed by atoms with Crippen molar-refractivity contribution < 1.29 is 9.59 Å². The Morgan fingerprint density at radius 2 is 1.65 bits per heavy atom. The summed E-state index contributed by atoms with van der Waals surface area (Å²) in [5, 5.41) is 2.73. The van der Waals surface area contributed by atoms with Gasteiger partial charge in [0.15, 0.2) is 0 Å². The average Bonchev–Trinajstić information content (AvgIpc) is 2.44. The number of carbonyl (C=O) groups excluding carboxylic acids is 2. The third-order valence-electron chi connectivity index (χ3n) is 3.68. The van der Waals surface area contributed by atoms with E-state index in [9.17, 15) is 9.59 Å². The van der Waals surface area contributed by atoms with Crippen molar-refractivity contribution in [1.29, 1.82) is 0 Å². The fourth-order valence-electron chi connectivity index (χ4n) is 2.68. The zero-order chi connectivity index (χ0) is 15.6. The van der Waals surface area contributed by atoms with Gasteiger partial charge in [-0.15, -0.1) is 0 Å². The fraction of sp³-hybridized carbons (Fsp3) is 0.867. The second-order valence-corrected chi connectivity index (χ2v) is 5.26. The molecule has 0 bridgehead atoms. The van der Waals surface area contributed by atoms with Crippen molar-refractivity contribution >= 4 is 11.8 Å². The monoisotopic (exact) mass is 285 g/mol. The second-order valence-electron chi connectivity index (χ2n) is 5.26. The maximum absolute atomic E-state index is 12.8. The first-order chi connectivity index (χ1) is 9.51. The Balaban J connectivity index is 5.02. The molecule has 0 saturated heterocycles. The lowest BCUT2D eigenvalue weighted by atomic mass is 9.78. The molecule has 0 aliphatic rings. The van der Waals surface area contributed by atoms with Crippen LogP contribution in [0.4, 0.5) is 0 Å². The molecule has 0 fully saturated rings. The van der Waals surface area contributed by atoms with Gasteiger partial charge in [-0.25, -0.2) is 0 Å². The third-order valence-corrected chi connectivity index (χ3v) is 3.68. The highest BCUT2D eigenvalue weighted by Crippen LogP contribution is 2.31. The van der Waals surface area contributed by atoms with E-state index in [0.717, 1.165) is 25.7 Å². The van der Waals surface area contributed by atoms with E-state index < -0.39 is 5.41 Å².